The van der Waals surface area contributed by atoms with Crippen LogP contribution in [0.15, 0.2) is 42.9 Å². The van der Waals surface area contributed by atoms with Gasteiger partial charge >= 0.3 is 0 Å². The maximum atomic E-state index is 12.2. The minimum absolute atomic E-state index is 0.0920. The van der Waals surface area contributed by atoms with Gasteiger partial charge in [-0.1, -0.05) is 23.8 Å². The zero-order valence-electron chi connectivity index (χ0n) is 13.1. The van der Waals surface area contributed by atoms with Crippen LogP contribution < -0.4 is 5.32 Å². The summed E-state index contributed by atoms with van der Waals surface area (Å²) in [5.41, 5.74) is 3.47. The minimum atomic E-state index is -0.0920. The normalized spacial score (nSPS) is 10.7. The molecule has 5 nitrogen and oxygen atoms in total. The Morgan fingerprint density at radius 3 is 2.96 bits per heavy atom. The average Bonchev–Trinajstić information content (AvgIpc) is 3.18. The molecule has 1 N–H and O–H groups in total. The van der Waals surface area contributed by atoms with E-state index in [1.165, 1.54) is 22.5 Å². The molecule has 1 amide bonds. The van der Waals surface area contributed by atoms with Crippen molar-refractivity contribution in [2.24, 2.45) is 0 Å². The summed E-state index contributed by atoms with van der Waals surface area (Å²) in [5, 5.41) is 7.87. The quantitative estimate of drug-likeness (QED) is 0.784. The minimum Gasteiger partial charge on any atom is -0.349 e. The van der Waals surface area contributed by atoms with Crippen molar-refractivity contribution in [2.75, 3.05) is 6.54 Å². The molecule has 6 heteroatoms. The lowest BCUT2D eigenvalue weighted by Crippen LogP contribution is -2.26. The summed E-state index contributed by atoms with van der Waals surface area (Å²) in [5.74, 6) is -0.0920. The summed E-state index contributed by atoms with van der Waals surface area (Å²) in [7, 11) is 0. The lowest BCUT2D eigenvalue weighted by Gasteiger charge is -2.04. The van der Waals surface area contributed by atoms with Gasteiger partial charge in [-0.15, -0.1) is 11.3 Å². The van der Waals surface area contributed by atoms with Crippen LogP contribution in [0.2, 0.25) is 0 Å². The van der Waals surface area contributed by atoms with E-state index >= 15 is 0 Å². The van der Waals surface area contributed by atoms with Crippen molar-refractivity contribution in [3.63, 3.8) is 0 Å². The van der Waals surface area contributed by atoms with E-state index in [0.29, 0.717) is 18.0 Å². The van der Waals surface area contributed by atoms with Crippen molar-refractivity contribution in [1.82, 2.24) is 20.1 Å². The van der Waals surface area contributed by atoms with Crippen LogP contribution in [-0.4, -0.2) is 27.2 Å². The van der Waals surface area contributed by atoms with E-state index in [1.807, 2.05) is 12.3 Å². The number of carbonyl (C=O) groups excluding carboxylic acids is 1. The molecule has 0 aliphatic heterocycles. The first-order valence-corrected chi connectivity index (χ1v) is 8.24. The molecule has 0 bridgehead atoms. The fraction of sp³-hybridized carbons (Fsp3) is 0.235. The van der Waals surface area contributed by atoms with E-state index < -0.39 is 0 Å². The largest absolute Gasteiger partial charge is 0.349 e. The number of amides is 1. The smallest absolute Gasteiger partial charge is 0.263 e. The Morgan fingerprint density at radius 2 is 2.22 bits per heavy atom. The lowest BCUT2D eigenvalue weighted by molar-refractivity contribution is 0.0956. The van der Waals surface area contributed by atoms with Crippen LogP contribution in [0.3, 0.4) is 0 Å². The number of carbonyl (C=O) groups is 1. The number of aromatic nitrogens is 3. The lowest BCUT2D eigenvalue weighted by atomic mass is 10.1. The molecule has 23 heavy (non-hydrogen) atoms. The van der Waals surface area contributed by atoms with Crippen molar-refractivity contribution in [2.45, 2.75) is 20.4 Å². The van der Waals surface area contributed by atoms with E-state index in [0.717, 1.165) is 10.6 Å². The molecule has 0 spiro atoms. The Morgan fingerprint density at radius 1 is 1.35 bits per heavy atom. The second kappa shape index (κ2) is 6.75. The van der Waals surface area contributed by atoms with Gasteiger partial charge in [0.25, 0.3) is 5.91 Å². The summed E-state index contributed by atoms with van der Waals surface area (Å²) in [6.07, 6.45) is 5.24. The highest BCUT2D eigenvalue weighted by molar-refractivity contribution is 7.16. The molecule has 1 aromatic carbocycles. The maximum Gasteiger partial charge on any atom is 0.263 e. The van der Waals surface area contributed by atoms with Gasteiger partial charge in [0.1, 0.15) is 9.88 Å². The Hall–Kier alpha value is -2.47. The highest BCUT2D eigenvalue weighted by atomic mass is 32.1. The van der Waals surface area contributed by atoms with Gasteiger partial charge in [-0.2, -0.15) is 5.10 Å². The Bertz CT molecular complexity index is 808. The number of rotatable bonds is 5. The number of nitrogens with one attached hydrogen (secondary N) is 1. The summed E-state index contributed by atoms with van der Waals surface area (Å²) in [6, 6.07) is 8.11. The van der Waals surface area contributed by atoms with Gasteiger partial charge in [-0.3, -0.25) is 9.48 Å². The molecular weight excluding hydrogens is 308 g/mol. The van der Waals surface area contributed by atoms with Gasteiger partial charge in [0.15, 0.2) is 0 Å². The van der Waals surface area contributed by atoms with Crippen LogP contribution >= 0.6 is 11.3 Å². The molecule has 0 aliphatic rings. The van der Waals surface area contributed by atoms with Crippen molar-refractivity contribution in [3.8, 4) is 10.6 Å². The SMILES string of the molecule is Cc1ccc(-c2ncc(C(=O)NCCn3cccn3)s2)c(C)c1. The van der Waals surface area contributed by atoms with Crippen LogP contribution in [0.5, 0.6) is 0 Å². The molecule has 0 unspecified atom stereocenters. The third-order valence-electron chi connectivity index (χ3n) is 3.53. The van der Waals surface area contributed by atoms with Crippen LogP contribution in [0, 0.1) is 13.8 Å². The fourth-order valence-corrected chi connectivity index (χ4v) is 3.28. The summed E-state index contributed by atoms with van der Waals surface area (Å²) in [6.45, 7) is 5.32. The van der Waals surface area contributed by atoms with Crippen LogP contribution in [-0.2, 0) is 6.54 Å². The van der Waals surface area contributed by atoms with E-state index in [-0.39, 0.29) is 5.91 Å². The molecule has 2 aromatic heterocycles. The monoisotopic (exact) mass is 326 g/mol. The van der Waals surface area contributed by atoms with Crippen molar-refractivity contribution >= 4 is 17.2 Å². The molecule has 0 fully saturated rings. The van der Waals surface area contributed by atoms with Crippen LogP contribution in [0.25, 0.3) is 10.6 Å². The van der Waals surface area contributed by atoms with Gasteiger partial charge < -0.3 is 5.32 Å². The molecule has 3 aromatic rings. The summed E-state index contributed by atoms with van der Waals surface area (Å²) >= 11 is 1.42. The van der Waals surface area contributed by atoms with Gasteiger partial charge in [-0.05, 0) is 25.5 Å². The molecule has 3 rings (SSSR count). The number of aryl methyl sites for hydroxylation is 2. The Labute approximate surface area is 139 Å². The highest BCUT2D eigenvalue weighted by Gasteiger charge is 2.12. The first kappa shape index (κ1) is 15.4. The third-order valence-corrected chi connectivity index (χ3v) is 4.56. The second-order valence-electron chi connectivity index (χ2n) is 5.37. The highest BCUT2D eigenvalue weighted by Crippen LogP contribution is 2.28. The predicted molar refractivity (Wildman–Crippen MR) is 91.6 cm³/mol. The molecule has 118 valence electrons. The van der Waals surface area contributed by atoms with Crippen molar-refractivity contribution in [1.29, 1.82) is 0 Å². The van der Waals surface area contributed by atoms with E-state index in [2.05, 4.69) is 47.4 Å². The van der Waals surface area contributed by atoms with E-state index in [9.17, 15) is 4.79 Å². The number of hydrogen-bond acceptors (Lipinski definition) is 4. The molecule has 0 radical (unpaired) electrons. The van der Waals surface area contributed by atoms with E-state index in [1.54, 1.807) is 17.1 Å². The summed E-state index contributed by atoms with van der Waals surface area (Å²) in [4.78, 5) is 17.2. The topological polar surface area (TPSA) is 59.8 Å². The first-order chi connectivity index (χ1) is 11.1. The maximum absolute atomic E-state index is 12.2. The third kappa shape index (κ3) is 3.65. The fourth-order valence-electron chi connectivity index (χ4n) is 2.36. The number of thiazole rings is 1. The van der Waals surface area contributed by atoms with Crippen LogP contribution in [0.4, 0.5) is 0 Å². The molecular formula is C17H18N4OS. The van der Waals surface area contributed by atoms with Crippen molar-refractivity contribution in [3.05, 3.63) is 58.9 Å². The number of benzene rings is 1. The molecule has 0 aliphatic carbocycles. The molecule has 0 saturated heterocycles. The molecule has 0 saturated carbocycles. The second-order valence-corrected chi connectivity index (χ2v) is 6.40. The standard InChI is InChI=1S/C17H18N4OS/c1-12-4-5-14(13(2)10-12)17-19-11-15(23-17)16(22)18-7-9-21-8-3-6-20-21/h3-6,8,10-11H,7,9H2,1-2H3,(H,18,22). The van der Waals surface area contributed by atoms with Gasteiger partial charge in [0.05, 0.1) is 12.7 Å². The summed E-state index contributed by atoms with van der Waals surface area (Å²) < 4.78 is 1.79. The van der Waals surface area contributed by atoms with Gasteiger partial charge in [-0.25, -0.2) is 4.98 Å². The Balaban J connectivity index is 1.65. The molecule has 0 atom stereocenters. The zero-order valence-corrected chi connectivity index (χ0v) is 13.9. The van der Waals surface area contributed by atoms with Crippen molar-refractivity contribution < 1.29 is 4.79 Å². The first-order valence-electron chi connectivity index (χ1n) is 7.42. The zero-order chi connectivity index (χ0) is 16.2. The van der Waals surface area contributed by atoms with E-state index in [4.69, 9.17) is 0 Å². The average molecular weight is 326 g/mol. The van der Waals surface area contributed by atoms with Gasteiger partial charge in [0.2, 0.25) is 0 Å². The Kier molecular flexibility index (Phi) is 4.52. The number of hydrogen-bond donors (Lipinski definition) is 1. The predicted octanol–water partition coefficient (Wildman–Crippen LogP) is 3.05. The van der Waals surface area contributed by atoms with Crippen LogP contribution in [0.1, 0.15) is 20.8 Å². The molecule has 2 heterocycles. The number of nitrogens with zero attached hydrogens (tertiary/aromatic N) is 3. The van der Waals surface area contributed by atoms with Gasteiger partial charge in [0, 0.05) is 24.5 Å².